The topological polar surface area (TPSA) is 87.7 Å². The van der Waals surface area contributed by atoms with Gasteiger partial charge in [0.05, 0.1) is 18.2 Å². The van der Waals surface area contributed by atoms with Crippen LogP contribution in [0.5, 0.6) is 5.75 Å². The van der Waals surface area contributed by atoms with E-state index in [1.165, 1.54) is 35.9 Å². The number of carbonyl (C=O) groups excluding carboxylic acids is 2. The molecule has 0 spiro atoms. The number of hydrogen-bond acceptors (Lipinski definition) is 6. The fraction of sp³-hybridized carbons (Fsp3) is 0.118. The summed E-state index contributed by atoms with van der Waals surface area (Å²) in [5, 5.41) is 0. The molecule has 0 aliphatic carbocycles. The molecule has 24 heavy (non-hydrogen) atoms. The fourth-order valence-electron chi connectivity index (χ4n) is 2.23. The maximum Gasteiger partial charge on any atom is 0.420 e. The van der Waals surface area contributed by atoms with Gasteiger partial charge in [0.15, 0.2) is 5.58 Å². The third-order valence-corrected chi connectivity index (χ3v) is 3.37. The lowest BCUT2D eigenvalue weighted by Crippen LogP contribution is -2.23. The number of esters is 2. The molecule has 3 rings (SSSR count). The molecule has 0 bridgehead atoms. The molecule has 0 amide bonds. The Morgan fingerprint density at radius 1 is 1.08 bits per heavy atom. The summed E-state index contributed by atoms with van der Waals surface area (Å²) in [7, 11) is 1.28. The van der Waals surface area contributed by atoms with Crippen molar-refractivity contribution in [2.45, 2.75) is 6.54 Å². The van der Waals surface area contributed by atoms with E-state index in [1.54, 1.807) is 24.3 Å². The number of aromatic nitrogens is 1. The third-order valence-electron chi connectivity index (χ3n) is 3.37. The van der Waals surface area contributed by atoms with Crippen LogP contribution in [0.2, 0.25) is 0 Å². The lowest BCUT2D eigenvalue weighted by Gasteiger charge is -2.05. The average Bonchev–Trinajstić information content (AvgIpc) is 2.90. The minimum absolute atomic E-state index is 0.258. The van der Waals surface area contributed by atoms with Crippen LogP contribution in [0.25, 0.3) is 11.1 Å². The normalized spacial score (nSPS) is 10.5. The zero-order valence-corrected chi connectivity index (χ0v) is 12.7. The van der Waals surface area contributed by atoms with E-state index in [9.17, 15) is 14.4 Å². The number of carbonyl (C=O) groups is 2. The van der Waals surface area contributed by atoms with E-state index in [0.29, 0.717) is 16.7 Å². The highest BCUT2D eigenvalue weighted by Crippen LogP contribution is 2.15. The van der Waals surface area contributed by atoms with E-state index in [4.69, 9.17) is 9.15 Å². The summed E-state index contributed by atoms with van der Waals surface area (Å²) in [6.45, 7) is -0.283. The highest BCUT2D eigenvalue weighted by Gasteiger charge is 2.14. The van der Waals surface area contributed by atoms with Crippen molar-refractivity contribution in [3.63, 3.8) is 0 Å². The van der Waals surface area contributed by atoms with Crippen molar-refractivity contribution < 1.29 is 23.5 Å². The summed E-state index contributed by atoms with van der Waals surface area (Å²) in [4.78, 5) is 35.2. The third kappa shape index (κ3) is 3.05. The predicted octanol–water partition coefficient (Wildman–Crippen LogP) is 1.99. The van der Waals surface area contributed by atoms with Crippen molar-refractivity contribution >= 4 is 23.0 Å². The summed E-state index contributed by atoms with van der Waals surface area (Å²) in [5.74, 6) is -1.48. The van der Waals surface area contributed by atoms with Crippen molar-refractivity contribution in [1.82, 2.24) is 4.57 Å². The number of methoxy groups -OCH3 is 1. The maximum absolute atomic E-state index is 12.0. The molecule has 0 saturated heterocycles. The first-order chi connectivity index (χ1) is 11.6. The Balaban J connectivity index is 1.74. The van der Waals surface area contributed by atoms with Crippen LogP contribution in [0.3, 0.4) is 0 Å². The minimum atomic E-state index is -0.630. The van der Waals surface area contributed by atoms with Gasteiger partial charge in [-0.05, 0) is 36.4 Å². The first-order valence-electron chi connectivity index (χ1n) is 7.06. The number of ether oxygens (including phenoxy) is 2. The van der Waals surface area contributed by atoms with Gasteiger partial charge in [-0.1, -0.05) is 12.1 Å². The molecule has 122 valence electrons. The van der Waals surface area contributed by atoms with Gasteiger partial charge in [0.25, 0.3) is 0 Å². The maximum atomic E-state index is 12.0. The van der Waals surface area contributed by atoms with E-state index < -0.39 is 17.7 Å². The number of nitrogens with zero attached hydrogens (tertiary/aromatic N) is 1. The van der Waals surface area contributed by atoms with E-state index in [-0.39, 0.29) is 12.3 Å². The number of oxazole rings is 1. The monoisotopic (exact) mass is 327 g/mol. The zero-order chi connectivity index (χ0) is 17.1. The second kappa shape index (κ2) is 6.41. The second-order valence-corrected chi connectivity index (χ2v) is 4.91. The molecule has 0 N–H and O–H groups in total. The SMILES string of the molecule is COC(=O)c1ccc(OC(=O)Cn2c(=O)oc3ccccc32)cc1. The molecule has 0 fully saturated rings. The van der Waals surface area contributed by atoms with Crippen LogP contribution in [0, 0.1) is 0 Å². The van der Waals surface area contributed by atoms with E-state index in [0.717, 1.165) is 0 Å². The Kier molecular flexibility index (Phi) is 4.15. The van der Waals surface area contributed by atoms with Gasteiger partial charge in [0.2, 0.25) is 0 Å². The van der Waals surface area contributed by atoms with E-state index in [1.807, 2.05) is 0 Å². The number of hydrogen-bond donors (Lipinski definition) is 0. The molecular formula is C17H13NO6. The van der Waals surface area contributed by atoms with Crippen LogP contribution in [-0.2, 0) is 16.1 Å². The fourth-order valence-corrected chi connectivity index (χ4v) is 2.23. The summed E-state index contributed by atoms with van der Waals surface area (Å²) in [6.07, 6.45) is 0. The lowest BCUT2D eigenvalue weighted by molar-refractivity contribution is -0.135. The standard InChI is InChI=1S/C17H13NO6/c1-22-16(20)11-6-8-12(9-7-11)23-15(19)10-18-13-4-2-3-5-14(13)24-17(18)21/h2-9H,10H2,1H3. The molecular weight excluding hydrogens is 314 g/mol. The Bertz CT molecular complexity index is 951. The van der Waals surface area contributed by atoms with Gasteiger partial charge in [-0.15, -0.1) is 0 Å². The number of para-hydroxylation sites is 2. The molecule has 0 saturated carbocycles. The predicted molar refractivity (Wildman–Crippen MR) is 83.9 cm³/mol. The van der Waals surface area contributed by atoms with Crippen LogP contribution in [0.4, 0.5) is 0 Å². The summed E-state index contributed by atoms with van der Waals surface area (Å²) in [5.41, 5.74) is 1.26. The molecule has 0 aliphatic heterocycles. The number of benzene rings is 2. The molecule has 1 aromatic heterocycles. The highest BCUT2D eigenvalue weighted by molar-refractivity contribution is 5.89. The second-order valence-electron chi connectivity index (χ2n) is 4.91. The van der Waals surface area contributed by atoms with Gasteiger partial charge in [0.1, 0.15) is 12.3 Å². The van der Waals surface area contributed by atoms with Crippen LogP contribution in [0.1, 0.15) is 10.4 Å². The van der Waals surface area contributed by atoms with Crippen molar-refractivity contribution in [2.75, 3.05) is 7.11 Å². The van der Waals surface area contributed by atoms with Gasteiger partial charge in [-0.2, -0.15) is 0 Å². The molecule has 7 heteroatoms. The van der Waals surface area contributed by atoms with E-state index in [2.05, 4.69) is 4.74 Å². The Hall–Kier alpha value is -3.35. The van der Waals surface area contributed by atoms with Gasteiger partial charge in [-0.25, -0.2) is 14.4 Å². The molecule has 1 heterocycles. The highest BCUT2D eigenvalue weighted by atomic mass is 16.5. The van der Waals surface area contributed by atoms with Crippen LogP contribution in [0.15, 0.2) is 57.7 Å². The Morgan fingerprint density at radius 3 is 2.50 bits per heavy atom. The molecule has 0 atom stereocenters. The summed E-state index contributed by atoms with van der Waals surface area (Å²) in [6, 6.07) is 12.7. The van der Waals surface area contributed by atoms with E-state index >= 15 is 0 Å². The number of rotatable bonds is 4. The largest absolute Gasteiger partial charge is 0.465 e. The van der Waals surface area contributed by atoms with Crippen molar-refractivity contribution in [3.8, 4) is 5.75 Å². The number of fused-ring (bicyclic) bond motifs is 1. The Morgan fingerprint density at radius 2 is 1.79 bits per heavy atom. The van der Waals surface area contributed by atoms with Gasteiger partial charge in [-0.3, -0.25) is 4.57 Å². The lowest BCUT2D eigenvalue weighted by atomic mass is 10.2. The van der Waals surface area contributed by atoms with Crippen LogP contribution < -0.4 is 10.5 Å². The summed E-state index contributed by atoms with van der Waals surface area (Å²) < 4.78 is 16.0. The van der Waals surface area contributed by atoms with Crippen molar-refractivity contribution in [3.05, 3.63) is 64.6 Å². The minimum Gasteiger partial charge on any atom is -0.465 e. The molecule has 0 unspecified atom stereocenters. The van der Waals surface area contributed by atoms with Crippen LogP contribution in [-0.4, -0.2) is 23.6 Å². The van der Waals surface area contributed by atoms with Gasteiger partial charge < -0.3 is 13.9 Å². The molecule has 3 aromatic rings. The molecule has 0 radical (unpaired) electrons. The molecule has 2 aromatic carbocycles. The van der Waals surface area contributed by atoms with Crippen molar-refractivity contribution in [2.24, 2.45) is 0 Å². The van der Waals surface area contributed by atoms with Gasteiger partial charge >= 0.3 is 17.7 Å². The molecule has 0 aliphatic rings. The first-order valence-corrected chi connectivity index (χ1v) is 7.06. The average molecular weight is 327 g/mol. The molecule has 7 nitrogen and oxygen atoms in total. The van der Waals surface area contributed by atoms with Crippen molar-refractivity contribution in [1.29, 1.82) is 0 Å². The van der Waals surface area contributed by atoms with Gasteiger partial charge in [0, 0.05) is 0 Å². The first kappa shape index (κ1) is 15.5. The smallest absolute Gasteiger partial charge is 0.420 e. The zero-order valence-electron chi connectivity index (χ0n) is 12.7. The quantitative estimate of drug-likeness (QED) is 0.538. The van der Waals surface area contributed by atoms with Crippen LogP contribution >= 0.6 is 0 Å². The summed E-state index contributed by atoms with van der Waals surface area (Å²) >= 11 is 0. The Labute approximate surface area is 136 Å².